The minimum Gasteiger partial charge on any atom is -0.413 e. The minimum atomic E-state index is 0.180. The Kier molecular flexibility index (Phi) is 4.00. The molecule has 0 saturated carbocycles. The van der Waals surface area contributed by atoms with Crippen molar-refractivity contribution in [1.29, 1.82) is 0 Å². The summed E-state index contributed by atoms with van der Waals surface area (Å²) in [4.78, 5) is 0. The summed E-state index contributed by atoms with van der Waals surface area (Å²) in [6.45, 7) is 0. The third kappa shape index (κ3) is 2.77. The van der Waals surface area contributed by atoms with Crippen LogP contribution in [0, 0.1) is 0 Å². The Labute approximate surface area is 76.5 Å². The highest BCUT2D eigenvalue weighted by atomic mass is 28.2. The monoisotopic (exact) mass is 181 g/mol. The van der Waals surface area contributed by atoms with Crippen LogP contribution in [0.1, 0.15) is 5.56 Å². The van der Waals surface area contributed by atoms with Gasteiger partial charge in [-0.05, 0) is 12.6 Å². The molecular weight excluding hydrogens is 166 g/mol. The zero-order valence-corrected chi connectivity index (χ0v) is 9.58. The van der Waals surface area contributed by atoms with Gasteiger partial charge < -0.3 is 4.43 Å². The summed E-state index contributed by atoms with van der Waals surface area (Å²) in [5.41, 5.74) is 1.31. The Hall–Kier alpha value is -0.643. The second kappa shape index (κ2) is 5.08. The molecule has 0 aliphatic carbocycles. The van der Waals surface area contributed by atoms with Gasteiger partial charge in [-0.2, -0.15) is 0 Å². The maximum absolute atomic E-state index is 5.33. The lowest BCUT2D eigenvalue weighted by Crippen LogP contribution is -2.29. The molecular formula is C9H15NOSi. The van der Waals surface area contributed by atoms with Gasteiger partial charge in [0.1, 0.15) is 10.5 Å². The largest absolute Gasteiger partial charge is 0.413 e. The molecule has 2 nitrogen and oxygen atoms in total. The van der Waals surface area contributed by atoms with Gasteiger partial charge in [0, 0.05) is 6.42 Å². The molecule has 66 valence electrons. The van der Waals surface area contributed by atoms with Crippen LogP contribution in [0.5, 0.6) is 0 Å². The summed E-state index contributed by atoms with van der Waals surface area (Å²) >= 11 is 0. The zero-order chi connectivity index (χ0) is 8.81. The second-order valence-corrected chi connectivity index (χ2v) is 3.17. The summed E-state index contributed by atoms with van der Waals surface area (Å²) < 4.78 is 5.33. The molecule has 0 aliphatic rings. The first-order valence-electron chi connectivity index (χ1n) is 4.11. The summed E-state index contributed by atoms with van der Waals surface area (Å²) in [6, 6.07) is 10.4. The molecule has 0 amide bonds. The van der Waals surface area contributed by atoms with E-state index in [9.17, 15) is 0 Å². The van der Waals surface area contributed by atoms with Gasteiger partial charge in [-0.15, -0.1) is 0 Å². The van der Waals surface area contributed by atoms with Gasteiger partial charge in [0.2, 0.25) is 0 Å². The third-order valence-corrected chi connectivity index (χ3v) is 2.44. The molecule has 1 aromatic carbocycles. The van der Waals surface area contributed by atoms with Crippen LogP contribution in [0.3, 0.4) is 0 Å². The number of benzene rings is 1. The molecule has 1 atom stereocenters. The molecule has 1 rings (SSSR count). The van der Waals surface area contributed by atoms with Crippen LogP contribution in [-0.4, -0.2) is 23.8 Å². The van der Waals surface area contributed by atoms with Gasteiger partial charge in [0.15, 0.2) is 0 Å². The lowest BCUT2D eigenvalue weighted by Gasteiger charge is -2.14. The standard InChI is InChI=1S/C9H15NOSi/c1-10-9(11-12)7-8-5-3-2-4-6-8/h2-6,9-10H,7H2,1,12H3. The Bertz CT molecular complexity index is 211. The van der Waals surface area contributed by atoms with Crippen molar-refractivity contribution in [2.75, 3.05) is 7.05 Å². The van der Waals surface area contributed by atoms with Crippen LogP contribution in [0.2, 0.25) is 0 Å². The Balaban J connectivity index is 2.51. The summed E-state index contributed by atoms with van der Waals surface area (Å²) in [5, 5.41) is 3.11. The maximum Gasteiger partial charge on any atom is 0.148 e. The molecule has 0 saturated heterocycles. The van der Waals surface area contributed by atoms with Crippen LogP contribution < -0.4 is 5.32 Å². The molecule has 0 aromatic heterocycles. The normalized spacial score (nSPS) is 13.1. The van der Waals surface area contributed by atoms with Crippen LogP contribution in [0.25, 0.3) is 0 Å². The van der Waals surface area contributed by atoms with Crippen molar-refractivity contribution in [1.82, 2.24) is 5.32 Å². The molecule has 0 spiro atoms. The lowest BCUT2D eigenvalue weighted by molar-refractivity contribution is 0.191. The number of rotatable bonds is 4. The quantitative estimate of drug-likeness (QED) is 0.524. The molecule has 0 fully saturated rings. The van der Waals surface area contributed by atoms with E-state index in [1.807, 2.05) is 13.1 Å². The van der Waals surface area contributed by atoms with Crippen molar-refractivity contribution in [2.45, 2.75) is 12.6 Å². The summed E-state index contributed by atoms with van der Waals surface area (Å²) in [6.07, 6.45) is 1.12. The van der Waals surface area contributed by atoms with E-state index in [1.54, 1.807) is 0 Å². The van der Waals surface area contributed by atoms with E-state index < -0.39 is 0 Å². The van der Waals surface area contributed by atoms with Crippen molar-refractivity contribution in [2.24, 2.45) is 0 Å². The van der Waals surface area contributed by atoms with Crippen LogP contribution in [0.4, 0.5) is 0 Å². The molecule has 1 N–H and O–H groups in total. The third-order valence-electron chi connectivity index (χ3n) is 1.87. The number of hydrogen-bond acceptors (Lipinski definition) is 2. The average molecular weight is 181 g/mol. The van der Waals surface area contributed by atoms with Gasteiger partial charge in [-0.1, -0.05) is 30.3 Å². The molecule has 1 unspecified atom stereocenters. The van der Waals surface area contributed by atoms with Gasteiger partial charge in [0.05, 0.1) is 6.23 Å². The summed E-state index contributed by atoms with van der Waals surface area (Å²) in [7, 11) is 2.70. The molecule has 0 bridgehead atoms. The average Bonchev–Trinajstić information content (AvgIpc) is 2.16. The Morgan fingerprint density at radius 3 is 2.58 bits per heavy atom. The van der Waals surface area contributed by atoms with E-state index in [2.05, 4.69) is 29.6 Å². The minimum absolute atomic E-state index is 0.180. The van der Waals surface area contributed by atoms with E-state index in [1.165, 1.54) is 5.56 Å². The molecule has 1 aromatic rings. The fourth-order valence-electron chi connectivity index (χ4n) is 1.13. The first kappa shape index (κ1) is 9.44. The highest BCUT2D eigenvalue weighted by Crippen LogP contribution is 2.02. The fourth-order valence-corrected chi connectivity index (χ4v) is 1.53. The zero-order valence-electron chi connectivity index (χ0n) is 7.58. The van der Waals surface area contributed by atoms with Crippen molar-refractivity contribution in [3.63, 3.8) is 0 Å². The lowest BCUT2D eigenvalue weighted by atomic mass is 10.1. The van der Waals surface area contributed by atoms with Crippen molar-refractivity contribution in [3.05, 3.63) is 35.9 Å². The number of likely N-dealkylation sites (N-methyl/N-ethyl adjacent to an activating group) is 1. The van der Waals surface area contributed by atoms with Crippen LogP contribution in [0.15, 0.2) is 30.3 Å². The number of nitrogens with one attached hydrogen (secondary N) is 1. The van der Waals surface area contributed by atoms with Crippen LogP contribution in [-0.2, 0) is 10.8 Å². The van der Waals surface area contributed by atoms with Crippen molar-refractivity contribution < 1.29 is 4.43 Å². The van der Waals surface area contributed by atoms with E-state index >= 15 is 0 Å². The molecule has 0 aliphatic heterocycles. The highest BCUT2D eigenvalue weighted by Gasteiger charge is 2.02. The molecule has 0 radical (unpaired) electrons. The van der Waals surface area contributed by atoms with Crippen LogP contribution >= 0.6 is 0 Å². The number of hydrogen-bond donors (Lipinski definition) is 1. The maximum atomic E-state index is 5.33. The smallest absolute Gasteiger partial charge is 0.148 e. The van der Waals surface area contributed by atoms with Gasteiger partial charge in [-0.25, -0.2) is 0 Å². The van der Waals surface area contributed by atoms with E-state index in [0.717, 1.165) is 16.9 Å². The van der Waals surface area contributed by atoms with Gasteiger partial charge >= 0.3 is 0 Å². The Morgan fingerprint density at radius 1 is 1.42 bits per heavy atom. The highest BCUT2D eigenvalue weighted by molar-refractivity contribution is 5.98. The molecule has 3 heteroatoms. The first-order valence-corrected chi connectivity index (χ1v) is 4.92. The van der Waals surface area contributed by atoms with E-state index in [4.69, 9.17) is 4.43 Å². The molecule has 12 heavy (non-hydrogen) atoms. The molecule has 0 heterocycles. The SMILES string of the molecule is CNC(Cc1ccccc1)O[SiH3]. The predicted molar refractivity (Wildman–Crippen MR) is 54.0 cm³/mol. The topological polar surface area (TPSA) is 21.3 Å². The summed E-state index contributed by atoms with van der Waals surface area (Å²) in [5.74, 6) is 0. The Morgan fingerprint density at radius 2 is 2.08 bits per heavy atom. The van der Waals surface area contributed by atoms with Gasteiger partial charge in [-0.3, -0.25) is 5.32 Å². The van der Waals surface area contributed by atoms with E-state index in [0.29, 0.717) is 0 Å². The first-order chi connectivity index (χ1) is 5.86. The van der Waals surface area contributed by atoms with Crippen molar-refractivity contribution >= 4 is 10.5 Å². The predicted octanol–water partition coefficient (Wildman–Crippen LogP) is 0.0716. The van der Waals surface area contributed by atoms with Crippen molar-refractivity contribution in [3.8, 4) is 0 Å². The van der Waals surface area contributed by atoms with E-state index in [-0.39, 0.29) is 6.23 Å². The van der Waals surface area contributed by atoms with Gasteiger partial charge in [0.25, 0.3) is 0 Å². The fraction of sp³-hybridized carbons (Fsp3) is 0.333. The second-order valence-electron chi connectivity index (χ2n) is 2.70.